The number of fused-ring (bicyclic) bond motifs is 1. The van der Waals surface area contributed by atoms with E-state index in [-0.39, 0.29) is 11.8 Å². The normalized spacial score (nSPS) is 19.5. The molecule has 4 rings (SSSR count). The van der Waals surface area contributed by atoms with Crippen LogP contribution >= 0.6 is 11.6 Å². The molecule has 5 nitrogen and oxygen atoms in total. The van der Waals surface area contributed by atoms with Crippen LogP contribution in [0.1, 0.15) is 56.6 Å². The molecular weight excluding hydrogens is 300 g/mol. The summed E-state index contributed by atoms with van der Waals surface area (Å²) < 4.78 is 0. The third-order valence-electron chi connectivity index (χ3n) is 4.77. The van der Waals surface area contributed by atoms with Crippen molar-refractivity contribution in [3.05, 3.63) is 16.9 Å². The van der Waals surface area contributed by atoms with E-state index in [0.717, 1.165) is 23.7 Å². The lowest BCUT2D eigenvalue weighted by Gasteiger charge is -2.20. The molecule has 0 bridgehead atoms. The molecule has 2 aliphatic rings. The molecule has 1 amide bonds. The second-order valence-electron chi connectivity index (χ2n) is 6.45. The predicted octanol–water partition coefficient (Wildman–Crippen LogP) is 4.01. The maximum absolute atomic E-state index is 12.0. The van der Waals surface area contributed by atoms with Crippen molar-refractivity contribution in [1.82, 2.24) is 15.2 Å². The van der Waals surface area contributed by atoms with Crippen molar-refractivity contribution in [2.24, 2.45) is 5.92 Å². The van der Waals surface area contributed by atoms with Gasteiger partial charge in [0.15, 0.2) is 11.0 Å². The van der Waals surface area contributed by atoms with E-state index in [1.165, 1.54) is 37.8 Å². The van der Waals surface area contributed by atoms with Gasteiger partial charge in [-0.15, -0.1) is 10.2 Å². The summed E-state index contributed by atoms with van der Waals surface area (Å²) in [6.07, 6.45) is 8.21. The fourth-order valence-corrected chi connectivity index (χ4v) is 3.49. The SMILES string of the molecule is O=C(Nc1nnc(Cl)c2cc(C3CCCCC3)[nH]c12)C1CC1. The summed E-state index contributed by atoms with van der Waals surface area (Å²) in [5.74, 6) is 1.22. The highest BCUT2D eigenvalue weighted by Crippen LogP contribution is 2.36. The zero-order valence-corrected chi connectivity index (χ0v) is 13.1. The second-order valence-corrected chi connectivity index (χ2v) is 6.81. The molecule has 2 N–H and O–H groups in total. The van der Waals surface area contributed by atoms with E-state index in [1.807, 2.05) is 0 Å². The van der Waals surface area contributed by atoms with Crippen LogP contribution in [0.2, 0.25) is 5.15 Å². The van der Waals surface area contributed by atoms with Crippen LogP contribution in [0.5, 0.6) is 0 Å². The molecule has 2 saturated carbocycles. The zero-order valence-electron chi connectivity index (χ0n) is 12.4. The van der Waals surface area contributed by atoms with Crippen LogP contribution in [0, 0.1) is 5.92 Å². The summed E-state index contributed by atoms with van der Waals surface area (Å²) in [6, 6.07) is 2.08. The highest BCUT2D eigenvalue weighted by atomic mass is 35.5. The number of halogens is 1. The molecule has 0 saturated heterocycles. The Kier molecular flexibility index (Phi) is 3.53. The van der Waals surface area contributed by atoms with Gasteiger partial charge in [-0.1, -0.05) is 30.9 Å². The Morgan fingerprint density at radius 2 is 1.95 bits per heavy atom. The van der Waals surface area contributed by atoms with Crippen LogP contribution < -0.4 is 5.32 Å². The number of nitrogens with zero attached hydrogens (tertiary/aromatic N) is 2. The van der Waals surface area contributed by atoms with Gasteiger partial charge < -0.3 is 10.3 Å². The molecule has 22 heavy (non-hydrogen) atoms. The Hall–Kier alpha value is -1.62. The molecule has 2 fully saturated rings. The van der Waals surface area contributed by atoms with E-state index in [4.69, 9.17) is 11.6 Å². The molecule has 0 radical (unpaired) electrons. The molecule has 6 heteroatoms. The van der Waals surface area contributed by atoms with E-state index in [9.17, 15) is 4.79 Å². The first kappa shape index (κ1) is 14.0. The number of anilines is 1. The lowest BCUT2D eigenvalue weighted by molar-refractivity contribution is -0.117. The molecule has 2 aliphatic carbocycles. The quantitative estimate of drug-likeness (QED) is 0.898. The number of rotatable bonds is 3. The fraction of sp³-hybridized carbons (Fsp3) is 0.562. The third kappa shape index (κ3) is 2.58. The van der Waals surface area contributed by atoms with Crippen LogP contribution in [0.3, 0.4) is 0 Å². The molecule has 0 aliphatic heterocycles. The third-order valence-corrected chi connectivity index (χ3v) is 5.05. The molecule has 0 spiro atoms. The number of carbonyl (C=O) groups is 1. The first-order valence-corrected chi connectivity index (χ1v) is 8.46. The fourth-order valence-electron chi connectivity index (χ4n) is 3.31. The molecular formula is C16H19ClN4O. The minimum Gasteiger partial charge on any atom is -0.355 e. The number of hydrogen-bond donors (Lipinski definition) is 2. The van der Waals surface area contributed by atoms with Crippen LogP contribution in [-0.2, 0) is 4.79 Å². The minimum absolute atomic E-state index is 0.0340. The Morgan fingerprint density at radius 1 is 1.18 bits per heavy atom. The van der Waals surface area contributed by atoms with Gasteiger partial charge in [0.2, 0.25) is 5.91 Å². The maximum Gasteiger partial charge on any atom is 0.228 e. The lowest BCUT2D eigenvalue weighted by atomic mass is 9.87. The zero-order chi connectivity index (χ0) is 15.1. The standard InChI is InChI=1S/C16H19ClN4O/c17-14-11-8-12(9-4-2-1-3-5-9)18-13(11)15(21-20-14)19-16(22)10-6-7-10/h8-10,18H,1-7H2,(H,19,21,22). The number of nitrogens with one attached hydrogen (secondary N) is 2. The van der Waals surface area contributed by atoms with Gasteiger partial charge in [0.1, 0.15) is 0 Å². The Balaban J connectivity index is 1.69. The summed E-state index contributed by atoms with van der Waals surface area (Å²) in [7, 11) is 0. The highest BCUT2D eigenvalue weighted by Gasteiger charge is 2.30. The second kappa shape index (κ2) is 5.54. The van der Waals surface area contributed by atoms with E-state index >= 15 is 0 Å². The highest BCUT2D eigenvalue weighted by molar-refractivity contribution is 6.34. The summed E-state index contributed by atoms with van der Waals surface area (Å²) in [4.78, 5) is 15.4. The van der Waals surface area contributed by atoms with E-state index in [2.05, 4.69) is 26.6 Å². The maximum atomic E-state index is 12.0. The average Bonchev–Trinajstić information content (AvgIpc) is 3.29. The summed E-state index contributed by atoms with van der Waals surface area (Å²) in [6.45, 7) is 0. The topological polar surface area (TPSA) is 70.7 Å². The Labute approximate surface area is 133 Å². The van der Waals surface area contributed by atoms with Gasteiger partial charge in [0.05, 0.1) is 5.52 Å². The average molecular weight is 319 g/mol. The summed E-state index contributed by atoms with van der Waals surface area (Å²) in [5, 5.41) is 12.2. The molecule has 0 atom stereocenters. The smallest absolute Gasteiger partial charge is 0.228 e. The van der Waals surface area contributed by atoms with Crippen molar-refractivity contribution in [2.75, 3.05) is 5.32 Å². The van der Waals surface area contributed by atoms with Crippen molar-refractivity contribution in [3.63, 3.8) is 0 Å². The van der Waals surface area contributed by atoms with Gasteiger partial charge in [-0.25, -0.2) is 0 Å². The number of H-pyrrole nitrogens is 1. The molecule has 2 aromatic rings. The number of aromatic nitrogens is 3. The van der Waals surface area contributed by atoms with Gasteiger partial charge in [0, 0.05) is 17.0 Å². The van der Waals surface area contributed by atoms with Gasteiger partial charge in [-0.2, -0.15) is 0 Å². The summed E-state index contributed by atoms with van der Waals surface area (Å²) >= 11 is 6.19. The van der Waals surface area contributed by atoms with Gasteiger partial charge in [-0.05, 0) is 37.7 Å². The summed E-state index contributed by atoms with van der Waals surface area (Å²) in [5.41, 5.74) is 1.99. The minimum atomic E-state index is 0.0340. The molecule has 0 aromatic carbocycles. The van der Waals surface area contributed by atoms with Crippen molar-refractivity contribution in [2.45, 2.75) is 50.9 Å². The van der Waals surface area contributed by atoms with Crippen molar-refractivity contribution < 1.29 is 4.79 Å². The van der Waals surface area contributed by atoms with Crippen LogP contribution in [0.15, 0.2) is 6.07 Å². The number of carbonyl (C=O) groups excluding carboxylic acids is 1. The van der Waals surface area contributed by atoms with Gasteiger partial charge >= 0.3 is 0 Å². The molecule has 0 unspecified atom stereocenters. The van der Waals surface area contributed by atoms with E-state index < -0.39 is 0 Å². The van der Waals surface area contributed by atoms with Gasteiger partial charge in [0.25, 0.3) is 0 Å². The van der Waals surface area contributed by atoms with Crippen molar-refractivity contribution in [1.29, 1.82) is 0 Å². The Morgan fingerprint density at radius 3 is 2.68 bits per heavy atom. The predicted molar refractivity (Wildman–Crippen MR) is 86.1 cm³/mol. The van der Waals surface area contributed by atoms with Crippen molar-refractivity contribution in [3.8, 4) is 0 Å². The number of aromatic amines is 1. The largest absolute Gasteiger partial charge is 0.355 e. The van der Waals surface area contributed by atoms with Crippen LogP contribution in [0.25, 0.3) is 10.9 Å². The van der Waals surface area contributed by atoms with Crippen LogP contribution in [0.4, 0.5) is 5.82 Å². The van der Waals surface area contributed by atoms with Crippen LogP contribution in [-0.4, -0.2) is 21.1 Å². The first-order valence-electron chi connectivity index (χ1n) is 8.08. The van der Waals surface area contributed by atoms with E-state index in [0.29, 0.717) is 16.9 Å². The molecule has 2 aromatic heterocycles. The van der Waals surface area contributed by atoms with E-state index in [1.54, 1.807) is 0 Å². The van der Waals surface area contributed by atoms with Gasteiger partial charge in [-0.3, -0.25) is 4.79 Å². The first-order chi connectivity index (χ1) is 10.7. The monoisotopic (exact) mass is 318 g/mol. The van der Waals surface area contributed by atoms with Crippen molar-refractivity contribution >= 4 is 34.2 Å². The molecule has 2 heterocycles. The lowest BCUT2D eigenvalue weighted by Crippen LogP contribution is -2.15. The molecule has 116 valence electrons. The Bertz CT molecular complexity index is 716. The number of amides is 1. The number of hydrogen-bond acceptors (Lipinski definition) is 3.